The summed E-state index contributed by atoms with van der Waals surface area (Å²) >= 11 is 0. The predicted molar refractivity (Wildman–Crippen MR) is 61.3 cm³/mol. The molecule has 0 fully saturated rings. The van der Waals surface area contributed by atoms with Crippen molar-refractivity contribution in [3.63, 3.8) is 0 Å². The van der Waals surface area contributed by atoms with Crippen LogP contribution in [0.1, 0.15) is 15.9 Å². The molecule has 1 amide bonds. The Kier molecular flexibility index (Phi) is 3.83. The Labute approximate surface area is 93.9 Å². The van der Waals surface area contributed by atoms with E-state index in [0.717, 1.165) is 0 Å². The van der Waals surface area contributed by atoms with E-state index in [2.05, 4.69) is 16.6 Å². The quantitative estimate of drug-likeness (QED) is 0.624. The van der Waals surface area contributed by atoms with Crippen LogP contribution in [-0.4, -0.2) is 19.0 Å². The van der Waals surface area contributed by atoms with Gasteiger partial charge in [0.1, 0.15) is 0 Å². The third-order valence-corrected chi connectivity index (χ3v) is 2.18. The molecule has 0 aliphatic rings. The first kappa shape index (κ1) is 12.0. The zero-order valence-electron chi connectivity index (χ0n) is 9.24. The Morgan fingerprint density at radius 2 is 2.12 bits per heavy atom. The van der Waals surface area contributed by atoms with Gasteiger partial charge in [-0.3, -0.25) is 4.79 Å². The number of carbonyl (C=O) groups is 2. The summed E-state index contributed by atoms with van der Waals surface area (Å²) in [5.41, 5.74) is 1.68. The largest absolute Gasteiger partial charge is 0.465 e. The number of ether oxygens (including phenoxy) is 1. The Morgan fingerprint density at radius 3 is 2.69 bits per heavy atom. The minimum atomic E-state index is -0.424. The van der Waals surface area contributed by atoms with Gasteiger partial charge in [0.2, 0.25) is 5.91 Å². The van der Waals surface area contributed by atoms with Gasteiger partial charge in [-0.25, -0.2) is 4.79 Å². The second-order valence-corrected chi connectivity index (χ2v) is 3.16. The lowest BCUT2D eigenvalue weighted by molar-refractivity contribution is -0.111. The molecule has 0 aliphatic heterocycles. The van der Waals surface area contributed by atoms with E-state index in [1.165, 1.54) is 13.2 Å². The second-order valence-electron chi connectivity index (χ2n) is 3.16. The topological polar surface area (TPSA) is 55.4 Å². The number of benzene rings is 1. The zero-order valence-corrected chi connectivity index (χ0v) is 9.24. The van der Waals surface area contributed by atoms with Gasteiger partial charge < -0.3 is 10.1 Å². The molecule has 1 rings (SSSR count). The van der Waals surface area contributed by atoms with Gasteiger partial charge in [-0.1, -0.05) is 12.6 Å². The van der Waals surface area contributed by atoms with Crippen molar-refractivity contribution in [1.82, 2.24) is 0 Å². The molecule has 0 saturated heterocycles. The van der Waals surface area contributed by atoms with E-state index in [1.54, 1.807) is 25.1 Å². The number of rotatable bonds is 3. The van der Waals surface area contributed by atoms with Crippen LogP contribution in [0.2, 0.25) is 0 Å². The highest BCUT2D eigenvalue weighted by molar-refractivity contribution is 6.01. The zero-order chi connectivity index (χ0) is 12.1. The first-order valence-corrected chi connectivity index (χ1v) is 4.71. The van der Waals surface area contributed by atoms with Gasteiger partial charge in [-0.05, 0) is 30.7 Å². The molecule has 1 N–H and O–H groups in total. The van der Waals surface area contributed by atoms with Crippen LogP contribution < -0.4 is 5.32 Å². The van der Waals surface area contributed by atoms with Crippen molar-refractivity contribution in [3.8, 4) is 0 Å². The first-order valence-electron chi connectivity index (χ1n) is 4.71. The van der Waals surface area contributed by atoms with E-state index in [0.29, 0.717) is 16.8 Å². The molecule has 1 aromatic carbocycles. The minimum absolute atomic E-state index is 0.315. The van der Waals surface area contributed by atoms with Gasteiger partial charge >= 0.3 is 5.97 Å². The van der Waals surface area contributed by atoms with Gasteiger partial charge in [0.05, 0.1) is 12.7 Å². The molecule has 4 heteroatoms. The molecule has 0 saturated carbocycles. The van der Waals surface area contributed by atoms with Crippen LogP contribution in [0.3, 0.4) is 0 Å². The number of nitrogens with one attached hydrogen (secondary N) is 1. The van der Waals surface area contributed by atoms with Crippen molar-refractivity contribution in [2.24, 2.45) is 0 Å². The Bertz CT molecular complexity index is 438. The number of hydrogen-bond donors (Lipinski definition) is 1. The molecule has 84 valence electrons. The van der Waals surface area contributed by atoms with E-state index in [1.807, 2.05) is 0 Å². The maximum atomic E-state index is 11.4. The fraction of sp³-hybridized carbons (Fsp3) is 0.167. The van der Waals surface area contributed by atoms with Crippen LogP contribution in [0, 0.1) is 6.92 Å². The van der Waals surface area contributed by atoms with E-state index in [-0.39, 0.29) is 5.91 Å². The van der Waals surface area contributed by atoms with Gasteiger partial charge in [-0.2, -0.15) is 0 Å². The molecule has 0 aliphatic carbocycles. The van der Waals surface area contributed by atoms with Gasteiger partial charge in [0, 0.05) is 5.69 Å². The van der Waals surface area contributed by atoms with Crippen molar-refractivity contribution in [2.45, 2.75) is 6.92 Å². The van der Waals surface area contributed by atoms with Crippen LogP contribution in [-0.2, 0) is 9.53 Å². The molecule has 0 heterocycles. The standard InChI is InChI=1S/C12H13NO3/c1-4-11(14)13-10-7-5-6-9(8(10)2)12(15)16-3/h4-7H,1H2,2-3H3,(H,13,14). The van der Waals surface area contributed by atoms with Crippen LogP contribution >= 0.6 is 0 Å². The summed E-state index contributed by atoms with van der Waals surface area (Å²) in [6.07, 6.45) is 1.17. The fourth-order valence-electron chi connectivity index (χ4n) is 1.29. The molecule has 0 bridgehead atoms. The average Bonchev–Trinajstić information content (AvgIpc) is 2.30. The number of methoxy groups -OCH3 is 1. The number of anilines is 1. The monoisotopic (exact) mass is 219 g/mol. The van der Waals surface area contributed by atoms with Gasteiger partial charge in [0.25, 0.3) is 0 Å². The average molecular weight is 219 g/mol. The van der Waals surface area contributed by atoms with E-state index in [4.69, 9.17) is 0 Å². The van der Waals surface area contributed by atoms with Crippen LogP contribution in [0.25, 0.3) is 0 Å². The lowest BCUT2D eigenvalue weighted by Gasteiger charge is -2.09. The number of hydrogen-bond acceptors (Lipinski definition) is 3. The van der Waals surface area contributed by atoms with Crippen molar-refractivity contribution >= 4 is 17.6 Å². The molecule has 16 heavy (non-hydrogen) atoms. The van der Waals surface area contributed by atoms with Crippen molar-refractivity contribution < 1.29 is 14.3 Å². The highest BCUT2D eigenvalue weighted by atomic mass is 16.5. The van der Waals surface area contributed by atoms with Gasteiger partial charge in [0.15, 0.2) is 0 Å². The Morgan fingerprint density at radius 1 is 1.44 bits per heavy atom. The molecule has 0 aromatic heterocycles. The van der Waals surface area contributed by atoms with Crippen molar-refractivity contribution in [1.29, 1.82) is 0 Å². The van der Waals surface area contributed by atoms with Crippen LogP contribution in [0.15, 0.2) is 30.9 Å². The summed E-state index contributed by atoms with van der Waals surface area (Å²) < 4.78 is 4.63. The summed E-state index contributed by atoms with van der Waals surface area (Å²) in [6, 6.07) is 5.03. The first-order chi connectivity index (χ1) is 7.60. The molecule has 0 radical (unpaired) electrons. The fourth-order valence-corrected chi connectivity index (χ4v) is 1.29. The summed E-state index contributed by atoms with van der Waals surface area (Å²) in [4.78, 5) is 22.5. The smallest absolute Gasteiger partial charge is 0.338 e. The Balaban J connectivity index is 3.08. The normalized spacial score (nSPS) is 9.38. The van der Waals surface area contributed by atoms with Crippen LogP contribution in [0.4, 0.5) is 5.69 Å². The number of carbonyl (C=O) groups excluding carboxylic acids is 2. The van der Waals surface area contributed by atoms with Crippen molar-refractivity contribution in [3.05, 3.63) is 42.0 Å². The molecule has 1 aromatic rings. The third kappa shape index (κ3) is 2.48. The lowest BCUT2D eigenvalue weighted by Crippen LogP contribution is -2.11. The molecule has 0 unspecified atom stereocenters. The number of amides is 1. The van der Waals surface area contributed by atoms with Crippen molar-refractivity contribution in [2.75, 3.05) is 12.4 Å². The molecule has 4 nitrogen and oxygen atoms in total. The molecular formula is C12H13NO3. The van der Waals surface area contributed by atoms with Crippen LogP contribution in [0.5, 0.6) is 0 Å². The second kappa shape index (κ2) is 5.11. The Hall–Kier alpha value is -2.10. The molecule has 0 atom stereocenters. The van der Waals surface area contributed by atoms with E-state index < -0.39 is 5.97 Å². The lowest BCUT2D eigenvalue weighted by atomic mass is 10.1. The van der Waals surface area contributed by atoms with E-state index >= 15 is 0 Å². The highest BCUT2D eigenvalue weighted by Gasteiger charge is 2.12. The summed E-state index contributed by atoms with van der Waals surface area (Å²) in [5.74, 6) is -0.739. The highest BCUT2D eigenvalue weighted by Crippen LogP contribution is 2.19. The number of esters is 1. The molecular weight excluding hydrogens is 206 g/mol. The third-order valence-electron chi connectivity index (χ3n) is 2.18. The van der Waals surface area contributed by atoms with E-state index in [9.17, 15) is 9.59 Å². The summed E-state index contributed by atoms with van der Waals surface area (Å²) in [6.45, 7) is 5.10. The summed E-state index contributed by atoms with van der Waals surface area (Å²) in [7, 11) is 1.32. The summed E-state index contributed by atoms with van der Waals surface area (Å²) in [5, 5.41) is 2.61. The predicted octanol–water partition coefficient (Wildman–Crippen LogP) is 1.91. The maximum Gasteiger partial charge on any atom is 0.338 e. The molecule has 0 spiro atoms. The maximum absolute atomic E-state index is 11.4. The van der Waals surface area contributed by atoms with Gasteiger partial charge in [-0.15, -0.1) is 0 Å². The SMILES string of the molecule is C=CC(=O)Nc1cccc(C(=O)OC)c1C. The minimum Gasteiger partial charge on any atom is -0.465 e.